The van der Waals surface area contributed by atoms with Gasteiger partial charge in [-0.25, -0.2) is 0 Å². The van der Waals surface area contributed by atoms with Gasteiger partial charge in [0, 0.05) is 25.0 Å². The molecule has 29 heavy (non-hydrogen) atoms. The van der Waals surface area contributed by atoms with Gasteiger partial charge in [-0.05, 0) is 64.0 Å². The molecular weight excluding hydrogens is 381 g/mol. The number of hydrogen-bond acceptors (Lipinski definition) is 4. The zero-order chi connectivity index (χ0) is 21.1. The van der Waals surface area contributed by atoms with Gasteiger partial charge in [-0.3, -0.25) is 0 Å². The van der Waals surface area contributed by atoms with Crippen LogP contribution < -0.4 is 4.74 Å². The third-order valence-electron chi connectivity index (χ3n) is 6.51. The second kappa shape index (κ2) is 9.23. The number of halogens is 3. The summed E-state index contributed by atoms with van der Waals surface area (Å²) in [5.41, 5.74) is -0.164. The number of alkyl halides is 3. The van der Waals surface area contributed by atoms with Crippen molar-refractivity contribution in [3.8, 4) is 5.75 Å². The smallest absolute Gasteiger partial charge is 0.406 e. The van der Waals surface area contributed by atoms with E-state index in [1.54, 1.807) is 6.07 Å². The molecule has 1 aromatic rings. The predicted octanol–water partition coefficient (Wildman–Crippen LogP) is 4.39. The highest BCUT2D eigenvalue weighted by molar-refractivity contribution is 5.33. The Balaban J connectivity index is 1.85. The van der Waals surface area contributed by atoms with E-state index in [4.69, 9.17) is 0 Å². The average Bonchev–Trinajstić information content (AvgIpc) is 2.65. The lowest BCUT2D eigenvalue weighted by molar-refractivity contribution is -0.274. The molecule has 7 heteroatoms. The lowest BCUT2D eigenvalue weighted by Crippen LogP contribution is -2.50. The minimum absolute atomic E-state index is 0.218. The second-order valence-corrected chi connectivity index (χ2v) is 8.86. The van der Waals surface area contributed by atoms with E-state index in [1.807, 2.05) is 6.07 Å². The van der Waals surface area contributed by atoms with Crippen molar-refractivity contribution in [3.05, 3.63) is 29.8 Å². The Kier molecular flexibility index (Phi) is 7.12. The van der Waals surface area contributed by atoms with Crippen molar-refractivity contribution < 1.29 is 23.0 Å². The van der Waals surface area contributed by atoms with Gasteiger partial charge in [-0.15, -0.1) is 13.2 Å². The van der Waals surface area contributed by atoms with Crippen LogP contribution in [0.5, 0.6) is 5.75 Å². The molecule has 1 N–H and O–H groups in total. The van der Waals surface area contributed by atoms with Gasteiger partial charge in [0.15, 0.2) is 0 Å². The summed E-state index contributed by atoms with van der Waals surface area (Å²) in [6.07, 6.45) is 1.89. The van der Waals surface area contributed by atoms with Gasteiger partial charge in [0.1, 0.15) is 5.75 Å². The number of aliphatic hydroxyl groups is 1. The fraction of sp³-hybridized carbons (Fsp3) is 0.727. The van der Waals surface area contributed by atoms with Crippen LogP contribution in [0.4, 0.5) is 13.2 Å². The maximum atomic E-state index is 12.7. The zero-order valence-corrected chi connectivity index (χ0v) is 17.4. The van der Waals surface area contributed by atoms with E-state index in [0.29, 0.717) is 25.4 Å². The molecule has 1 aliphatic carbocycles. The molecule has 0 amide bonds. The lowest BCUT2D eigenvalue weighted by atomic mass is 9.72. The molecule has 0 bridgehead atoms. The highest BCUT2D eigenvalue weighted by atomic mass is 19.4. The Bertz CT molecular complexity index is 660. The Morgan fingerprint density at radius 3 is 2.59 bits per heavy atom. The van der Waals surface area contributed by atoms with Gasteiger partial charge in [0.25, 0.3) is 0 Å². The largest absolute Gasteiger partial charge is 0.573 e. The maximum Gasteiger partial charge on any atom is 0.573 e. The summed E-state index contributed by atoms with van der Waals surface area (Å²) >= 11 is 0. The maximum absolute atomic E-state index is 12.7. The molecule has 2 aliphatic rings. The van der Waals surface area contributed by atoms with Crippen LogP contribution in [0.25, 0.3) is 0 Å². The summed E-state index contributed by atoms with van der Waals surface area (Å²) < 4.78 is 42.3. The molecule has 1 saturated heterocycles. The van der Waals surface area contributed by atoms with Crippen LogP contribution in [0.1, 0.15) is 56.4 Å². The minimum atomic E-state index is -4.72. The van der Waals surface area contributed by atoms with Crippen LogP contribution in [0.3, 0.4) is 0 Å². The van der Waals surface area contributed by atoms with Gasteiger partial charge in [0.2, 0.25) is 0 Å². The van der Waals surface area contributed by atoms with Crippen molar-refractivity contribution in [1.29, 1.82) is 0 Å². The molecule has 3 rings (SSSR count). The highest BCUT2D eigenvalue weighted by Crippen LogP contribution is 2.42. The number of likely N-dealkylation sites (tertiary alicyclic amines) is 1. The topological polar surface area (TPSA) is 35.9 Å². The average molecular weight is 415 g/mol. The first kappa shape index (κ1) is 22.4. The molecule has 4 nitrogen and oxygen atoms in total. The van der Waals surface area contributed by atoms with Gasteiger partial charge in [0.05, 0.1) is 5.60 Å². The number of benzene rings is 1. The molecule has 164 valence electrons. The summed E-state index contributed by atoms with van der Waals surface area (Å²) in [4.78, 5) is 4.59. The minimum Gasteiger partial charge on any atom is -0.406 e. The predicted molar refractivity (Wildman–Crippen MR) is 107 cm³/mol. The Morgan fingerprint density at radius 1 is 1.21 bits per heavy atom. The quantitative estimate of drug-likeness (QED) is 0.749. The number of likely N-dealkylation sites (N-methyl/N-ethyl adjacent to an activating group) is 1. The summed E-state index contributed by atoms with van der Waals surface area (Å²) in [5.74, 6) is -0.454. The van der Waals surface area contributed by atoms with Crippen molar-refractivity contribution >= 4 is 0 Å². The Morgan fingerprint density at radius 2 is 1.93 bits per heavy atom. The summed E-state index contributed by atoms with van der Waals surface area (Å²) in [5, 5.41) is 11.5. The van der Waals surface area contributed by atoms with E-state index in [1.165, 1.54) is 12.1 Å². The zero-order valence-electron chi connectivity index (χ0n) is 17.4. The van der Waals surface area contributed by atoms with Crippen LogP contribution in [-0.2, 0) is 0 Å². The van der Waals surface area contributed by atoms with Crippen LogP contribution in [0.2, 0.25) is 0 Å². The van der Waals surface area contributed by atoms with E-state index in [-0.39, 0.29) is 11.7 Å². The fourth-order valence-corrected chi connectivity index (χ4v) is 4.90. The van der Waals surface area contributed by atoms with Crippen molar-refractivity contribution in [3.63, 3.8) is 0 Å². The highest BCUT2D eigenvalue weighted by Gasteiger charge is 2.40. The van der Waals surface area contributed by atoms with Crippen LogP contribution >= 0.6 is 0 Å². The van der Waals surface area contributed by atoms with E-state index in [0.717, 1.165) is 50.8 Å². The fourth-order valence-electron chi connectivity index (χ4n) is 4.90. The first-order valence-electron chi connectivity index (χ1n) is 10.6. The molecule has 0 radical (unpaired) electrons. The number of piperidine rings is 1. The van der Waals surface area contributed by atoms with Crippen molar-refractivity contribution in [2.75, 3.05) is 33.7 Å². The normalized spacial score (nSPS) is 24.4. The molecule has 0 aromatic heterocycles. The van der Waals surface area contributed by atoms with E-state index in [9.17, 15) is 18.3 Å². The van der Waals surface area contributed by atoms with E-state index < -0.39 is 12.0 Å². The molecule has 1 saturated carbocycles. The lowest BCUT2D eigenvalue weighted by Gasteiger charge is -2.44. The monoisotopic (exact) mass is 414 g/mol. The summed E-state index contributed by atoms with van der Waals surface area (Å²) in [7, 11) is 4.16. The number of nitrogens with zero attached hydrogens (tertiary/aromatic N) is 2. The Labute approximate surface area is 171 Å². The summed E-state index contributed by atoms with van der Waals surface area (Å²) in [6.45, 7) is 2.52. The van der Waals surface area contributed by atoms with Crippen LogP contribution in [0, 0.1) is 0 Å². The summed E-state index contributed by atoms with van der Waals surface area (Å²) in [6, 6.07) is 6.66. The third-order valence-corrected chi connectivity index (χ3v) is 6.51. The number of ether oxygens (including phenoxy) is 1. The molecule has 1 unspecified atom stereocenters. The number of hydrogen-bond donors (Lipinski definition) is 1. The van der Waals surface area contributed by atoms with Gasteiger partial charge < -0.3 is 19.6 Å². The first-order chi connectivity index (χ1) is 13.7. The van der Waals surface area contributed by atoms with Crippen LogP contribution in [0.15, 0.2) is 24.3 Å². The molecule has 1 heterocycles. The van der Waals surface area contributed by atoms with Crippen LogP contribution in [-0.4, -0.2) is 66.6 Å². The molecule has 2 fully saturated rings. The van der Waals surface area contributed by atoms with Crippen molar-refractivity contribution in [2.45, 2.75) is 68.9 Å². The standard InChI is InChI=1S/C22H33F3N2O2/c1-26(2)18-9-7-13-27(15-18)16-20(21(28)11-4-3-5-12-21)17-8-6-10-19(14-17)29-22(23,24)25/h6,8,10,14,18,20,28H,3-5,7,9,11-13,15-16H2,1-2H3/t18-,20?/m1/s1. The SMILES string of the molecule is CN(C)[C@@H]1CCCN(CC(c2cccc(OC(F)(F)F)c2)C2(O)CCCCC2)C1. The Hall–Kier alpha value is -1.31. The molecule has 1 aromatic carbocycles. The van der Waals surface area contributed by atoms with E-state index >= 15 is 0 Å². The van der Waals surface area contributed by atoms with Crippen molar-refractivity contribution in [2.24, 2.45) is 0 Å². The number of rotatable bonds is 6. The molecule has 1 aliphatic heterocycles. The first-order valence-corrected chi connectivity index (χ1v) is 10.6. The van der Waals surface area contributed by atoms with Gasteiger partial charge in [-0.1, -0.05) is 31.4 Å². The third kappa shape index (κ3) is 6.09. The molecular formula is C22H33F3N2O2. The van der Waals surface area contributed by atoms with Crippen molar-refractivity contribution in [1.82, 2.24) is 9.80 Å². The van der Waals surface area contributed by atoms with Gasteiger partial charge >= 0.3 is 6.36 Å². The molecule has 0 spiro atoms. The second-order valence-electron chi connectivity index (χ2n) is 8.86. The van der Waals surface area contributed by atoms with Gasteiger partial charge in [-0.2, -0.15) is 0 Å². The van der Waals surface area contributed by atoms with E-state index in [2.05, 4.69) is 28.6 Å². The molecule has 2 atom stereocenters.